The van der Waals surface area contributed by atoms with Gasteiger partial charge in [-0.1, -0.05) is 30.3 Å². The van der Waals surface area contributed by atoms with Crippen LogP contribution in [0.15, 0.2) is 66.7 Å². The third kappa shape index (κ3) is 4.51. The summed E-state index contributed by atoms with van der Waals surface area (Å²) in [5.74, 6) is 0.785. The van der Waals surface area contributed by atoms with Crippen molar-refractivity contribution in [1.82, 2.24) is 9.88 Å². The van der Waals surface area contributed by atoms with Crippen LogP contribution in [0.5, 0.6) is 5.75 Å². The number of benzene rings is 2. The van der Waals surface area contributed by atoms with Gasteiger partial charge >= 0.3 is 0 Å². The van der Waals surface area contributed by atoms with E-state index in [1.54, 1.807) is 19.2 Å². The predicted octanol–water partition coefficient (Wildman–Crippen LogP) is 4.85. The second kappa shape index (κ2) is 9.08. The first-order valence-corrected chi connectivity index (χ1v) is 10.3. The number of piperidine rings is 1. The summed E-state index contributed by atoms with van der Waals surface area (Å²) in [6.45, 7) is 1.40. The highest BCUT2D eigenvalue weighted by Gasteiger charge is 2.26. The minimum absolute atomic E-state index is 0.120. The molecule has 1 aromatic heterocycles. The summed E-state index contributed by atoms with van der Waals surface area (Å²) in [6, 6.07) is 20.0. The number of likely N-dealkylation sites (tertiary alicyclic amines) is 1. The number of rotatable bonds is 5. The predicted molar refractivity (Wildman–Crippen MR) is 115 cm³/mol. The van der Waals surface area contributed by atoms with Gasteiger partial charge in [0.25, 0.3) is 0 Å². The third-order valence-electron chi connectivity index (χ3n) is 5.63. The number of hydrogen-bond acceptors (Lipinski definition) is 3. The van der Waals surface area contributed by atoms with E-state index in [0.29, 0.717) is 24.2 Å². The van der Waals surface area contributed by atoms with E-state index >= 15 is 0 Å². The van der Waals surface area contributed by atoms with Gasteiger partial charge in [-0.2, -0.15) is 0 Å². The van der Waals surface area contributed by atoms with Crippen molar-refractivity contribution in [3.8, 4) is 17.0 Å². The number of carbonyl (C=O) groups is 1. The van der Waals surface area contributed by atoms with Crippen LogP contribution in [0.2, 0.25) is 0 Å². The Balaban J connectivity index is 1.46. The van der Waals surface area contributed by atoms with Gasteiger partial charge in [-0.3, -0.25) is 9.78 Å². The minimum Gasteiger partial charge on any atom is -0.497 e. The van der Waals surface area contributed by atoms with E-state index in [9.17, 15) is 9.18 Å². The first kappa shape index (κ1) is 20.1. The maximum absolute atomic E-state index is 14.2. The molecule has 0 N–H and O–H groups in total. The fraction of sp³-hybridized carbons (Fsp3) is 0.280. The Morgan fingerprint density at radius 2 is 1.90 bits per heavy atom. The molecule has 0 radical (unpaired) electrons. The maximum atomic E-state index is 14.2. The van der Waals surface area contributed by atoms with Crippen LogP contribution in [0.3, 0.4) is 0 Å². The number of ether oxygens (including phenoxy) is 1. The average molecular weight is 404 g/mol. The van der Waals surface area contributed by atoms with Crippen molar-refractivity contribution in [3.63, 3.8) is 0 Å². The fourth-order valence-electron chi connectivity index (χ4n) is 3.97. The normalized spacial score (nSPS) is 16.3. The fourth-order valence-corrected chi connectivity index (χ4v) is 3.97. The highest BCUT2D eigenvalue weighted by molar-refractivity contribution is 5.79. The van der Waals surface area contributed by atoms with E-state index in [2.05, 4.69) is 0 Å². The number of hydrogen-bond donors (Lipinski definition) is 0. The molecule has 1 amide bonds. The Kier molecular flexibility index (Phi) is 6.07. The Morgan fingerprint density at radius 3 is 2.67 bits per heavy atom. The Labute approximate surface area is 176 Å². The number of pyridine rings is 1. The topological polar surface area (TPSA) is 42.4 Å². The first-order valence-electron chi connectivity index (χ1n) is 10.3. The molecule has 5 heteroatoms. The molecule has 0 saturated carbocycles. The van der Waals surface area contributed by atoms with Crippen molar-refractivity contribution in [3.05, 3.63) is 83.8 Å². The number of halogens is 1. The van der Waals surface area contributed by atoms with Crippen LogP contribution in [0.4, 0.5) is 4.39 Å². The van der Waals surface area contributed by atoms with Gasteiger partial charge in [0.1, 0.15) is 11.6 Å². The summed E-state index contributed by atoms with van der Waals surface area (Å²) in [6.07, 6.45) is 2.28. The van der Waals surface area contributed by atoms with Crippen molar-refractivity contribution in [2.45, 2.75) is 25.2 Å². The van der Waals surface area contributed by atoms with Gasteiger partial charge in [-0.05, 0) is 54.8 Å². The van der Waals surface area contributed by atoms with Crippen LogP contribution in [-0.2, 0) is 11.2 Å². The van der Waals surface area contributed by atoms with Gasteiger partial charge in [0, 0.05) is 30.3 Å². The third-order valence-corrected chi connectivity index (χ3v) is 5.63. The number of carbonyl (C=O) groups excluding carboxylic acids is 1. The van der Waals surface area contributed by atoms with Gasteiger partial charge in [0.15, 0.2) is 0 Å². The molecule has 1 unspecified atom stereocenters. The number of aromatic nitrogens is 1. The highest BCUT2D eigenvalue weighted by Crippen LogP contribution is 2.29. The summed E-state index contributed by atoms with van der Waals surface area (Å²) >= 11 is 0. The molecule has 2 aromatic carbocycles. The van der Waals surface area contributed by atoms with Gasteiger partial charge in [0.2, 0.25) is 5.91 Å². The van der Waals surface area contributed by atoms with Crippen LogP contribution in [-0.4, -0.2) is 36.0 Å². The van der Waals surface area contributed by atoms with Crippen molar-refractivity contribution in [2.75, 3.05) is 20.2 Å². The zero-order valence-electron chi connectivity index (χ0n) is 17.1. The Morgan fingerprint density at radius 1 is 1.10 bits per heavy atom. The van der Waals surface area contributed by atoms with Crippen LogP contribution < -0.4 is 4.74 Å². The van der Waals surface area contributed by atoms with E-state index in [1.165, 1.54) is 6.07 Å². The lowest BCUT2D eigenvalue weighted by atomic mass is 9.93. The maximum Gasteiger partial charge on any atom is 0.227 e. The van der Waals surface area contributed by atoms with Gasteiger partial charge in [0.05, 0.1) is 19.2 Å². The lowest BCUT2D eigenvalue weighted by Gasteiger charge is -2.32. The molecule has 1 aliphatic rings. The Hall–Kier alpha value is -3.21. The first-order chi connectivity index (χ1) is 14.6. The summed E-state index contributed by atoms with van der Waals surface area (Å²) in [5.41, 5.74) is 3.02. The van der Waals surface area contributed by atoms with Crippen LogP contribution in [0, 0.1) is 5.82 Å². The van der Waals surface area contributed by atoms with E-state index in [0.717, 1.165) is 36.4 Å². The summed E-state index contributed by atoms with van der Waals surface area (Å²) < 4.78 is 19.3. The Bertz CT molecular complexity index is 1020. The molecule has 3 aromatic rings. The molecule has 1 aliphatic heterocycles. The van der Waals surface area contributed by atoms with Gasteiger partial charge in [-0.15, -0.1) is 0 Å². The van der Waals surface area contributed by atoms with Crippen LogP contribution in [0.25, 0.3) is 11.3 Å². The number of amides is 1. The second-order valence-electron chi connectivity index (χ2n) is 7.63. The summed E-state index contributed by atoms with van der Waals surface area (Å²) in [7, 11) is 1.63. The summed E-state index contributed by atoms with van der Waals surface area (Å²) in [5, 5.41) is 0. The van der Waals surface area contributed by atoms with Gasteiger partial charge in [-0.25, -0.2) is 4.39 Å². The molecule has 30 heavy (non-hydrogen) atoms. The zero-order chi connectivity index (χ0) is 20.9. The quantitative estimate of drug-likeness (QED) is 0.611. The van der Waals surface area contributed by atoms with Crippen molar-refractivity contribution < 1.29 is 13.9 Å². The summed E-state index contributed by atoms with van der Waals surface area (Å²) in [4.78, 5) is 19.5. The molecule has 4 rings (SSSR count). The molecular weight excluding hydrogens is 379 g/mol. The molecule has 1 fully saturated rings. The molecule has 0 aliphatic carbocycles. The zero-order valence-corrected chi connectivity index (χ0v) is 17.1. The standard InChI is InChI=1S/C25H25FN2O2/c1-30-20-13-11-18(12-14-20)16-25(29)28-15-5-6-19(17-28)23-9-4-10-24(27-23)21-7-2-3-8-22(21)26/h2-4,7-14,19H,5-6,15-17H2,1H3. The van der Waals surface area contributed by atoms with Gasteiger partial charge < -0.3 is 9.64 Å². The van der Waals surface area contributed by atoms with E-state index in [4.69, 9.17) is 9.72 Å². The lowest BCUT2D eigenvalue weighted by molar-refractivity contribution is -0.131. The molecule has 0 bridgehead atoms. The van der Waals surface area contributed by atoms with Crippen LogP contribution in [0.1, 0.15) is 30.0 Å². The van der Waals surface area contributed by atoms with Crippen LogP contribution >= 0.6 is 0 Å². The number of methoxy groups -OCH3 is 1. The molecule has 4 nitrogen and oxygen atoms in total. The number of nitrogens with zero attached hydrogens (tertiary/aromatic N) is 2. The molecule has 2 heterocycles. The van der Waals surface area contributed by atoms with Crippen molar-refractivity contribution >= 4 is 5.91 Å². The van der Waals surface area contributed by atoms with E-state index < -0.39 is 0 Å². The monoisotopic (exact) mass is 404 g/mol. The SMILES string of the molecule is COc1ccc(CC(=O)N2CCCC(c3cccc(-c4ccccc4F)n3)C2)cc1. The van der Waals surface area contributed by atoms with E-state index in [-0.39, 0.29) is 17.6 Å². The molecule has 0 spiro atoms. The highest BCUT2D eigenvalue weighted by atomic mass is 19.1. The molecule has 154 valence electrons. The van der Waals surface area contributed by atoms with Crippen molar-refractivity contribution in [2.24, 2.45) is 0 Å². The molecular formula is C25H25FN2O2. The average Bonchev–Trinajstić information content (AvgIpc) is 2.80. The van der Waals surface area contributed by atoms with Crippen molar-refractivity contribution in [1.29, 1.82) is 0 Å². The smallest absolute Gasteiger partial charge is 0.227 e. The largest absolute Gasteiger partial charge is 0.497 e. The molecule has 1 saturated heterocycles. The molecule has 1 atom stereocenters. The lowest BCUT2D eigenvalue weighted by Crippen LogP contribution is -2.40. The minimum atomic E-state index is -0.276. The second-order valence-corrected chi connectivity index (χ2v) is 7.63. The van der Waals surface area contributed by atoms with E-state index in [1.807, 2.05) is 53.4 Å².